The van der Waals surface area contributed by atoms with Gasteiger partial charge in [-0.15, -0.1) is 12.4 Å². The lowest BCUT2D eigenvalue weighted by molar-refractivity contribution is 0.122. The van der Waals surface area contributed by atoms with Crippen molar-refractivity contribution in [2.75, 3.05) is 26.8 Å². The van der Waals surface area contributed by atoms with Crippen LogP contribution in [0.25, 0.3) is 0 Å². The quantitative estimate of drug-likeness (QED) is 0.773. The van der Waals surface area contributed by atoms with Crippen LogP contribution in [0.3, 0.4) is 0 Å². The van der Waals surface area contributed by atoms with Gasteiger partial charge in [-0.2, -0.15) is 5.26 Å². The van der Waals surface area contributed by atoms with Crippen molar-refractivity contribution in [2.24, 2.45) is 0 Å². The molecule has 0 aliphatic carbocycles. The summed E-state index contributed by atoms with van der Waals surface area (Å²) in [5, 5.41) is 12.1. The normalized spacial score (nSPS) is 21.1. The van der Waals surface area contributed by atoms with Crippen LogP contribution < -0.4 is 10.0 Å². The Morgan fingerprint density at radius 2 is 2.32 bits per heavy atom. The van der Waals surface area contributed by atoms with E-state index < -0.39 is 10.0 Å². The summed E-state index contributed by atoms with van der Waals surface area (Å²) in [4.78, 5) is 3.77. The van der Waals surface area contributed by atoms with E-state index >= 15 is 0 Å². The first-order valence-corrected chi connectivity index (χ1v) is 8.08. The molecule has 7 nitrogen and oxygen atoms in total. The van der Waals surface area contributed by atoms with E-state index in [0.717, 1.165) is 19.4 Å². The molecule has 9 heteroatoms. The zero-order chi connectivity index (χ0) is 15.3. The number of hydrogen-bond donors (Lipinski definition) is 2. The Morgan fingerprint density at radius 3 is 2.91 bits per heavy atom. The number of nitrogens with zero attached hydrogens (tertiary/aromatic N) is 2. The fraction of sp³-hybridized carbons (Fsp3) is 0.538. The minimum absolute atomic E-state index is 0. The van der Waals surface area contributed by atoms with Gasteiger partial charge in [0.05, 0.1) is 17.7 Å². The van der Waals surface area contributed by atoms with E-state index in [1.165, 1.54) is 18.5 Å². The first-order chi connectivity index (χ1) is 10.0. The van der Waals surface area contributed by atoms with Gasteiger partial charge < -0.3 is 10.1 Å². The van der Waals surface area contributed by atoms with Crippen LogP contribution in [-0.4, -0.2) is 45.7 Å². The number of ether oxygens (including phenoxy) is 1. The third kappa shape index (κ3) is 4.38. The van der Waals surface area contributed by atoms with Gasteiger partial charge in [0, 0.05) is 26.0 Å². The van der Waals surface area contributed by atoms with Crippen molar-refractivity contribution < 1.29 is 13.2 Å². The van der Waals surface area contributed by atoms with Crippen molar-refractivity contribution in [1.29, 1.82) is 5.26 Å². The summed E-state index contributed by atoms with van der Waals surface area (Å²) in [7, 11) is -2.10. The fourth-order valence-electron chi connectivity index (χ4n) is 2.41. The molecule has 1 aliphatic rings. The number of aromatic nitrogens is 1. The number of sulfonamides is 1. The molecule has 1 unspecified atom stereocenters. The summed E-state index contributed by atoms with van der Waals surface area (Å²) in [6.45, 7) is 1.52. The average molecular weight is 347 g/mol. The largest absolute Gasteiger partial charge is 0.383 e. The summed E-state index contributed by atoms with van der Waals surface area (Å²) < 4.78 is 32.3. The monoisotopic (exact) mass is 346 g/mol. The topological polar surface area (TPSA) is 104 Å². The summed E-state index contributed by atoms with van der Waals surface area (Å²) in [5.41, 5.74) is -0.161. The van der Waals surface area contributed by atoms with Crippen LogP contribution in [0.5, 0.6) is 0 Å². The van der Waals surface area contributed by atoms with Gasteiger partial charge in [-0.1, -0.05) is 0 Å². The molecule has 0 amide bonds. The van der Waals surface area contributed by atoms with E-state index in [0.29, 0.717) is 6.61 Å². The number of nitriles is 1. The van der Waals surface area contributed by atoms with Gasteiger partial charge in [-0.25, -0.2) is 13.1 Å². The molecule has 0 bridgehead atoms. The Morgan fingerprint density at radius 1 is 1.55 bits per heavy atom. The van der Waals surface area contributed by atoms with Crippen LogP contribution in [0.15, 0.2) is 23.4 Å². The van der Waals surface area contributed by atoms with Crippen LogP contribution >= 0.6 is 12.4 Å². The molecule has 0 radical (unpaired) electrons. The summed E-state index contributed by atoms with van der Waals surface area (Å²) in [5.74, 6) is 0. The predicted molar refractivity (Wildman–Crippen MR) is 83.2 cm³/mol. The number of rotatable bonds is 6. The molecule has 1 fully saturated rings. The molecule has 2 rings (SSSR count). The van der Waals surface area contributed by atoms with Crippen molar-refractivity contribution in [2.45, 2.75) is 23.3 Å². The Balaban J connectivity index is 0.00000242. The van der Waals surface area contributed by atoms with E-state index in [9.17, 15) is 8.42 Å². The summed E-state index contributed by atoms with van der Waals surface area (Å²) in [6.07, 6.45) is 4.38. The molecule has 22 heavy (non-hydrogen) atoms. The molecule has 1 aliphatic heterocycles. The lowest BCUT2D eigenvalue weighted by Gasteiger charge is -2.28. The number of halogens is 1. The molecule has 0 aromatic carbocycles. The highest BCUT2D eigenvalue weighted by Gasteiger charge is 2.34. The second-order valence-electron chi connectivity index (χ2n) is 5.09. The molecule has 0 spiro atoms. The van der Waals surface area contributed by atoms with Gasteiger partial charge in [-0.05, 0) is 25.5 Å². The third-order valence-electron chi connectivity index (χ3n) is 3.51. The molecular weight excluding hydrogens is 328 g/mol. The first-order valence-electron chi connectivity index (χ1n) is 6.60. The zero-order valence-corrected chi connectivity index (χ0v) is 13.8. The SMILES string of the molecule is COCC1(CNS(=O)(=O)c2cncc(C#N)c2)CCCN1.Cl. The minimum atomic E-state index is -3.70. The average Bonchev–Trinajstić information content (AvgIpc) is 2.95. The van der Waals surface area contributed by atoms with Crippen molar-refractivity contribution >= 4 is 22.4 Å². The Bertz CT molecular complexity index is 639. The number of pyridine rings is 1. The second-order valence-corrected chi connectivity index (χ2v) is 6.86. The molecule has 1 atom stereocenters. The van der Waals surface area contributed by atoms with Crippen LogP contribution in [0.2, 0.25) is 0 Å². The lowest BCUT2D eigenvalue weighted by atomic mass is 9.99. The van der Waals surface area contributed by atoms with Gasteiger partial charge in [0.2, 0.25) is 10.0 Å². The van der Waals surface area contributed by atoms with Crippen LogP contribution in [-0.2, 0) is 14.8 Å². The van der Waals surface area contributed by atoms with Gasteiger partial charge >= 0.3 is 0 Å². The van der Waals surface area contributed by atoms with Crippen molar-refractivity contribution in [1.82, 2.24) is 15.0 Å². The van der Waals surface area contributed by atoms with Crippen molar-refractivity contribution in [3.8, 4) is 6.07 Å². The minimum Gasteiger partial charge on any atom is -0.383 e. The maximum Gasteiger partial charge on any atom is 0.242 e. The van der Waals surface area contributed by atoms with Crippen molar-refractivity contribution in [3.05, 3.63) is 24.0 Å². The standard InChI is InChI=1S/C13H18N4O3S.ClH/c1-20-10-13(3-2-4-16-13)9-17-21(18,19)12-5-11(6-14)7-15-8-12;/h5,7-8,16-17H,2-4,9-10H2,1H3;1H. The number of nitrogens with one attached hydrogen (secondary N) is 2. The van der Waals surface area contributed by atoms with Crippen LogP contribution in [0.1, 0.15) is 18.4 Å². The van der Waals surface area contributed by atoms with Gasteiger partial charge in [0.1, 0.15) is 11.0 Å². The highest BCUT2D eigenvalue weighted by Crippen LogP contribution is 2.20. The lowest BCUT2D eigenvalue weighted by Crippen LogP contribution is -2.52. The molecule has 1 aromatic heterocycles. The van der Waals surface area contributed by atoms with Crippen molar-refractivity contribution in [3.63, 3.8) is 0 Å². The third-order valence-corrected chi connectivity index (χ3v) is 4.87. The van der Waals surface area contributed by atoms with Gasteiger partial charge in [0.25, 0.3) is 0 Å². The zero-order valence-electron chi connectivity index (χ0n) is 12.2. The van der Waals surface area contributed by atoms with E-state index in [2.05, 4.69) is 15.0 Å². The summed E-state index contributed by atoms with van der Waals surface area (Å²) >= 11 is 0. The molecule has 0 saturated carbocycles. The van der Waals surface area contributed by atoms with Crippen LogP contribution in [0, 0.1) is 11.3 Å². The highest BCUT2D eigenvalue weighted by atomic mass is 35.5. The van der Waals surface area contributed by atoms with Gasteiger partial charge in [-0.3, -0.25) is 4.98 Å². The fourth-order valence-corrected chi connectivity index (χ4v) is 3.53. The van der Waals surface area contributed by atoms with E-state index in [4.69, 9.17) is 10.00 Å². The first kappa shape index (κ1) is 18.8. The Kier molecular flexibility index (Phi) is 6.71. The second kappa shape index (κ2) is 7.85. The number of methoxy groups -OCH3 is 1. The molecule has 1 saturated heterocycles. The van der Waals surface area contributed by atoms with E-state index in [1.54, 1.807) is 7.11 Å². The molecular formula is C13H19ClN4O3S. The molecule has 1 aromatic rings. The predicted octanol–water partition coefficient (Wildman–Crippen LogP) is 0.422. The Hall–Kier alpha value is -1.24. The van der Waals surface area contributed by atoms with E-state index in [1.807, 2.05) is 6.07 Å². The number of hydrogen-bond acceptors (Lipinski definition) is 6. The van der Waals surface area contributed by atoms with E-state index in [-0.39, 0.29) is 34.9 Å². The smallest absolute Gasteiger partial charge is 0.242 e. The Labute approximate surface area is 136 Å². The van der Waals surface area contributed by atoms with Gasteiger partial charge in [0.15, 0.2) is 0 Å². The molecule has 2 heterocycles. The maximum atomic E-state index is 12.3. The summed E-state index contributed by atoms with van der Waals surface area (Å²) in [6, 6.07) is 3.18. The highest BCUT2D eigenvalue weighted by molar-refractivity contribution is 7.89. The van der Waals surface area contributed by atoms with Crippen LogP contribution in [0.4, 0.5) is 0 Å². The molecule has 2 N–H and O–H groups in total. The maximum absolute atomic E-state index is 12.3. The molecule has 122 valence electrons.